The van der Waals surface area contributed by atoms with Crippen molar-refractivity contribution in [2.45, 2.75) is 6.61 Å². The number of H-pyrrole nitrogens is 1. The van der Waals surface area contributed by atoms with Gasteiger partial charge in [0.25, 0.3) is 0 Å². The van der Waals surface area contributed by atoms with E-state index in [0.717, 1.165) is 0 Å². The van der Waals surface area contributed by atoms with Crippen LogP contribution in [0.3, 0.4) is 0 Å². The first kappa shape index (κ1) is 17.5. The highest BCUT2D eigenvalue weighted by Crippen LogP contribution is 2.25. The van der Waals surface area contributed by atoms with E-state index in [1.807, 2.05) is 18.2 Å². The Bertz CT molecular complexity index is 1190. The molecule has 2 aromatic carbocycles. The molecule has 0 radical (unpaired) electrons. The number of nitrogens with one attached hydrogen (secondary N) is 1. The van der Waals surface area contributed by atoms with Crippen LogP contribution in [0.15, 0.2) is 83.9 Å². The number of ether oxygens (including phenoxy) is 2. The number of carbonyl (C=O) groups excluding carboxylic acids is 1. The molecule has 0 aliphatic carbocycles. The topological polar surface area (TPSA) is 81.3 Å². The van der Waals surface area contributed by atoms with Crippen molar-refractivity contribution in [2.24, 2.45) is 0 Å². The van der Waals surface area contributed by atoms with Gasteiger partial charge in [-0.15, -0.1) is 0 Å². The predicted molar refractivity (Wildman–Crippen MR) is 104 cm³/mol. The van der Waals surface area contributed by atoms with Gasteiger partial charge >= 0.3 is 5.97 Å². The van der Waals surface area contributed by atoms with Gasteiger partial charge in [0, 0.05) is 28.7 Å². The summed E-state index contributed by atoms with van der Waals surface area (Å²) in [6.45, 7) is 0.0103. The molecule has 6 nitrogen and oxygen atoms in total. The highest BCUT2D eigenvalue weighted by atomic mass is 16.5. The number of rotatable bonds is 5. The summed E-state index contributed by atoms with van der Waals surface area (Å²) in [7, 11) is 0. The molecule has 28 heavy (non-hydrogen) atoms. The van der Waals surface area contributed by atoms with E-state index in [2.05, 4.69) is 9.97 Å². The Kier molecular flexibility index (Phi) is 4.84. The van der Waals surface area contributed by atoms with Gasteiger partial charge in [-0.05, 0) is 24.3 Å². The number of esters is 1. The molecule has 0 atom stereocenters. The molecule has 4 rings (SSSR count). The van der Waals surface area contributed by atoms with Gasteiger partial charge in [0.2, 0.25) is 5.56 Å². The van der Waals surface area contributed by atoms with Gasteiger partial charge in [-0.1, -0.05) is 36.4 Å². The first-order chi connectivity index (χ1) is 13.7. The third kappa shape index (κ3) is 3.76. The average Bonchev–Trinajstić information content (AvgIpc) is 2.73. The second-order valence-electron chi connectivity index (χ2n) is 6.07. The van der Waals surface area contributed by atoms with Gasteiger partial charge in [-0.3, -0.25) is 9.78 Å². The molecule has 0 fully saturated rings. The summed E-state index contributed by atoms with van der Waals surface area (Å²) in [5.74, 6) is 0.583. The van der Waals surface area contributed by atoms with E-state index in [-0.39, 0.29) is 17.7 Å². The minimum Gasteiger partial charge on any atom is -0.457 e. The largest absolute Gasteiger partial charge is 0.457 e. The van der Waals surface area contributed by atoms with Gasteiger partial charge in [0.1, 0.15) is 18.1 Å². The standard InChI is InChI=1S/C22H16N2O4/c25-21-12-18(17-8-2-3-9-19(17)24-21)22(26)27-14-15-6-1-4-10-20(15)28-16-7-5-11-23-13-16/h1-13H,14H2,(H,24,25). The second kappa shape index (κ2) is 7.75. The third-order valence-electron chi connectivity index (χ3n) is 4.16. The number of hydrogen-bond acceptors (Lipinski definition) is 5. The zero-order chi connectivity index (χ0) is 19.3. The highest BCUT2D eigenvalue weighted by molar-refractivity contribution is 6.03. The van der Waals surface area contributed by atoms with Crippen LogP contribution in [0.2, 0.25) is 0 Å². The van der Waals surface area contributed by atoms with Crippen molar-refractivity contribution in [2.75, 3.05) is 0 Å². The molecule has 1 N–H and O–H groups in total. The minimum atomic E-state index is -0.571. The summed E-state index contributed by atoms with van der Waals surface area (Å²) in [6, 6.07) is 19.2. The van der Waals surface area contributed by atoms with Crippen LogP contribution in [-0.4, -0.2) is 15.9 Å². The third-order valence-corrected chi connectivity index (χ3v) is 4.16. The van der Waals surface area contributed by atoms with E-state index < -0.39 is 5.97 Å². The van der Waals surface area contributed by atoms with E-state index in [4.69, 9.17) is 9.47 Å². The molecular formula is C22H16N2O4. The molecule has 0 spiro atoms. The number of hydrogen-bond donors (Lipinski definition) is 1. The van der Waals surface area contributed by atoms with E-state index in [0.29, 0.717) is 28.0 Å². The molecule has 0 aliphatic rings. The Hall–Kier alpha value is -3.93. The molecule has 0 aliphatic heterocycles. The van der Waals surface area contributed by atoms with Crippen LogP contribution in [-0.2, 0) is 11.3 Å². The number of aromatic amines is 1. The summed E-state index contributed by atoms with van der Waals surface area (Å²) in [6.07, 6.45) is 3.26. The number of fused-ring (bicyclic) bond motifs is 1. The number of benzene rings is 2. The molecule has 0 bridgehead atoms. The minimum absolute atomic E-state index is 0.0103. The lowest BCUT2D eigenvalue weighted by Gasteiger charge is -2.12. The highest BCUT2D eigenvalue weighted by Gasteiger charge is 2.14. The van der Waals surface area contributed by atoms with Gasteiger partial charge in [-0.2, -0.15) is 0 Å². The smallest absolute Gasteiger partial charge is 0.339 e. The van der Waals surface area contributed by atoms with Crippen molar-refractivity contribution in [1.82, 2.24) is 9.97 Å². The number of nitrogens with zero attached hydrogens (tertiary/aromatic N) is 1. The summed E-state index contributed by atoms with van der Waals surface area (Å²) in [4.78, 5) is 31.2. The molecule has 2 heterocycles. The summed E-state index contributed by atoms with van der Waals surface area (Å²) in [5, 5.41) is 0.631. The predicted octanol–water partition coefficient (Wildman–Crippen LogP) is 4.07. The van der Waals surface area contributed by atoms with E-state index in [1.165, 1.54) is 6.07 Å². The van der Waals surface area contributed by atoms with Crippen LogP contribution in [0.1, 0.15) is 15.9 Å². The van der Waals surface area contributed by atoms with Gasteiger partial charge in [0.15, 0.2) is 0 Å². The second-order valence-corrected chi connectivity index (χ2v) is 6.07. The van der Waals surface area contributed by atoms with Gasteiger partial charge in [0.05, 0.1) is 11.8 Å². The van der Waals surface area contributed by atoms with E-state index in [9.17, 15) is 9.59 Å². The Morgan fingerprint density at radius 1 is 1.00 bits per heavy atom. The number of para-hydroxylation sites is 2. The van der Waals surface area contributed by atoms with Crippen molar-refractivity contribution in [3.63, 3.8) is 0 Å². The first-order valence-electron chi connectivity index (χ1n) is 8.66. The van der Waals surface area contributed by atoms with Gasteiger partial charge in [-0.25, -0.2) is 4.79 Å². The molecule has 0 saturated heterocycles. The lowest BCUT2D eigenvalue weighted by atomic mass is 10.1. The van der Waals surface area contributed by atoms with Crippen molar-refractivity contribution >= 4 is 16.9 Å². The lowest BCUT2D eigenvalue weighted by Crippen LogP contribution is -2.13. The summed E-state index contributed by atoms with van der Waals surface area (Å²) in [5.41, 5.74) is 1.16. The fraction of sp³-hybridized carbons (Fsp3) is 0.0455. The number of carbonyl (C=O) groups is 1. The fourth-order valence-corrected chi connectivity index (χ4v) is 2.85. The molecule has 4 aromatic rings. The molecule has 0 unspecified atom stereocenters. The Labute approximate surface area is 160 Å². The summed E-state index contributed by atoms with van der Waals surface area (Å²) >= 11 is 0. The molecule has 0 saturated carbocycles. The Morgan fingerprint density at radius 3 is 2.68 bits per heavy atom. The molecule has 6 heteroatoms. The normalized spacial score (nSPS) is 10.6. The van der Waals surface area contributed by atoms with Crippen LogP contribution in [0, 0.1) is 0 Å². The monoisotopic (exact) mass is 372 g/mol. The Balaban J connectivity index is 1.56. The maximum Gasteiger partial charge on any atom is 0.339 e. The zero-order valence-electron chi connectivity index (χ0n) is 14.8. The van der Waals surface area contributed by atoms with Crippen LogP contribution in [0.25, 0.3) is 10.9 Å². The van der Waals surface area contributed by atoms with Crippen LogP contribution in [0.5, 0.6) is 11.5 Å². The van der Waals surface area contributed by atoms with Crippen LogP contribution >= 0.6 is 0 Å². The SMILES string of the molecule is O=C(OCc1ccccc1Oc1cccnc1)c1cc(=O)[nH]c2ccccc12. The molecular weight excluding hydrogens is 356 g/mol. The van der Waals surface area contributed by atoms with Gasteiger partial charge < -0.3 is 14.5 Å². The van der Waals surface area contributed by atoms with E-state index in [1.54, 1.807) is 54.9 Å². The molecule has 2 aromatic heterocycles. The average molecular weight is 372 g/mol. The van der Waals surface area contributed by atoms with Crippen molar-refractivity contribution in [3.8, 4) is 11.5 Å². The Morgan fingerprint density at radius 2 is 1.82 bits per heavy atom. The lowest BCUT2D eigenvalue weighted by molar-refractivity contribution is 0.0473. The maximum atomic E-state index is 12.6. The van der Waals surface area contributed by atoms with Crippen molar-refractivity contribution < 1.29 is 14.3 Å². The van der Waals surface area contributed by atoms with Crippen molar-refractivity contribution in [3.05, 3.63) is 101 Å². The first-order valence-corrected chi connectivity index (χ1v) is 8.66. The zero-order valence-corrected chi connectivity index (χ0v) is 14.8. The van der Waals surface area contributed by atoms with Crippen molar-refractivity contribution in [1.29, 1.82) is 0 Å². The molecule has 0 amide bonds. The maximum absolute atomic E-state index is 12.6. The number of aromatic nitrogens is 2. The summed E-state index contributed by atoms with van der Waals surface area (Å²) < 4.78 is 11.3. The number of pyridine rings is 2. The van der Waals surface area contributed by atoms with Crippen LogP contribution in [0.4, 0.5) is 0 Å². The fourth-order valence-electron chi connectivity index (χ4n) is 2.85. The molecule has 138 valence electrons. The van der Waals surface area contributed by atoms with Crippen LogP contribution < -0.4 is 10.3 Å². The quantitative estimate of drug-likeness (QED) is 0.534. The van der Waals surface area contributed by atoms with E-state index >= 15 is 0 Å².